The number of ether oxygens (including phenoxy) is 1. The number of hydrogen-bond donors (Lipinski definition) is 2. The van der Waals surface area contributed by atoms with Gasteiger partial charge in [0.2, 0.25) is 5.91 Å². The van der Waals surface area contributed by atoms with Crippen molar-refractivity contribution in [1.82, 2.24) is 15.0 Å². The number of nitrogens with one attached hydrogen (secondary N) is 1. The van der Waals surface area contributed by atoms with Crippen molar-refractivity contribution in [2.75, 3.05) is 7.11 Å². The summed E-state index contributed by atoms with van der Waals surface area (Å²) in [6, 6.07) is 12.8. The van der Waals surface area contributed by atoms with E-state index in [4.69, 9.17) is 15.6 Å². The van der Waals surface area contributed by atoms with Gasteiger partial charge >= 0.3 is 0 Å². The summed E-state index contributed by atoms with van der Waals surface area (Å²) in [7, 11) is 1.59. The monoisotopic (exact) mass is 412 g/mol. The Hall–Kier alpha value is -2.84. The predicted octanol–water partition coefficient (Wildman–Crippen LogP) is 2.82. The molecule has 0 saturated carbocycles. The molecule has 1 heterocycles. The molecule has 0 aliphatic rings. The Balaban J connectivity index is 2.27. The van der Waals surface area contributed by atoms with Gasteiger partial charge in [0.25, 0.3) is 5.56 Å². The molecule has 0 saturated heterocycles. The van der Waals surface area contributed by atoms with Crippen LogP contribution in [0, 0.1) is 0 Å². The van der Waals surface area contributed by atoms with Crippen LogP contribution in [0.5, 0.6) is 5.75 Å². The van der Waals surface area contributed by atoms with Crippen LogP contribution in [0.25, 0.3) is 16.6 Å². The van der Waals surface area contributed by atoms with E-state index in [9.17, 15) is 9.59 Å². The highest BCUT2D eigenvalue weighted by molar-refractivity contribution is 8.00. The van der Waals surface area contributed by atoms with Crippen LogP contribution in [-0.2, 0) is 11.2 Å². The zero-order chi connectivity index (χ0) is 21.0. The van der Waals surface area contributed by atoms with Crippen molar-refractivity contribution in [3.05, 3.63) is 58.4 Å². The van der Waals surface area contributed by atoms with E-state index >= 15 is 0 Å². The molecular formula is C21H24N4O3S. The van der Waals surface area contributed by atoms with E-state index in [1.54, 1.807) is 35.9 Å². The summed E-state index contributed by atoms with van der Waals surface area (Å²) in [6.07, 6.45) is 1.26. The number of carbonyl (C=O) groups is 1. The number of amides is 1. The zero-order valence-corrected chi connectivity index (χ0v) is 17.5. The molecule has 0 fully saturated rings. The summed E-state index contributed by atoms with van der Waals surface area (Å²) in [5.41, 5.74) is 4.23. The third-order valence-electron chi connectivity index (χ3n) is 4.72. The fourth-order valence-corrected chi connectivity index (χ4v) is 4.19. The lowest BCUT2D eigenvalue weighted by atomic mass is 10.1. The van der Waals surface area contributed by atoms with Gasteiger partial charge in [-0.1, -0.05) is 37.7 Å². The lowest BCUT2D eigenvalue weighted by Crippen LogP contribution is -2.37. The van der Waals surface area contributed by atoms with E-state index in [1.165, 1.54) is 11.8 Å². The molecule has 0 aliphatic heterocycles. The molecule has 3 aromatic rings. The van der Waals surface area contributed by atoms with Crippen molar-refractivity contribution in [2.24, 2.45) is 5.84 Å². The summed E-state index contributed by atoms with van der Waals surface area (Å²) in [5.74, 6) is 5.70. The van der Waals surface area contributed by atoms with Gasteiger partial charge in [-0.3, -0.25) is 19.6 Å². The molecule has 0 spiro atoms. The Morgan fingerprint density at radius 3 is 2.55 bits per heavy atom. The SMILES string of the molecule is CCc1cccc2nc(SC(CC)C(=O)NN)n(-c3ccc(OC)cc3)c(=O)c12. The molecule has 1 unspecified atom stereocenters. The van der Waals surface area contributed by atoms with Gasteiger partial charge in [-0.15, -0.1) is 0 Å². The number of benzene rings is 2. The molecule has 1 amide bonds. The molecule has 29 heavy (non-hydrogen) atoms. The van der Waals surface area contributed by atoms with E-state index in [0.29, 0.717) is 33.9 Å². The minimum absolute atomic E-state index is 0.164. The number of nitrogens with zero attached hydrogens (tertiary/aromatic N) is 2. The Kier molecular flexibility index (Phi) is 6.56. The second kappa shape index (κ2) is 9.11. The van der Waals surface area contributed by atoms with Crippen molar-refractivity contribution in [1.29, 1.82) is 0 Å². The molecule has 3 N–H and O–H groups in total. The summed E-state index contributed by atoms with van der Waals surface area (Å²) in [5, 5.41) is 0.561. The molecule has 0 bridgehead atoms. The lowest BCUT2D eigenvalue weighted by molar-refractivity contribution is -0.120. The van der Waals surface area contributed by atoms with Crippen molar-refractivity contribution < 1.29 is 9.53 Å². The van der Waals surface area contributed by atoms with Gasteiger partial charge in [-0.2, -0.15) is 0 Å². The highest BCUT2D eigenvalue weighted by Crippen LogP contribution is 2.28. The van der Waals surface area contributed by atoms with Gasteiger partial charge in [0.15, 0.2) is 5.16 Å². The molecule has 8 heteroatoms. The minimum atomic E-state index is -0.469. The Morgan fingerprint density at radius 2 is 1.97 bits per heavy atom. The first-order chi connectivity index (χ1) is 14.0. The highest BCUT2D eigenvalue weighted by atomic mass is 32.2. The first-order valence-corrected chi connectivity index (χ1v) is 10.3. The Bertz CT molecular complexity index is 1080. The maximum atomic E-state index is 13.5. The Morgan fingerprint density at radius 1 is 1.24 bits per heavy atom. The van der Waals surface area contributed by atoms with Crippen LogP contribution >= 0.6 is 11.8 Å². The van der Waals surface area contributed by atoms with Gasteiger partial charge in [-0.05, 0) is 48.7 Å². The molecule has 0 aliphatic carbocycles. The average molecular weight is 413 g/mol. The predicted molar refractivity (Wildman–Crippen MR) is 116 cm³/mol. The second-order valence-electron chi connectivity index (χ2n) is 6.42. The summed E-state index contributed by atoms with van der Waals surface area (Å²) in [6.45, 7) is 3.90. The van der Waals surface area contributed by atoms with Crippen LogP contribution < -0.4 is 21.6 Å². The molecular weight excluding hydrogens is 388 g/mol. The number of aromatic nitrogens is 2. The van der Waals surface area contributed by atoms with Crippen molar-refractivity contribution in [3.8, 4) is 11.4 Å². The zero-order valence-electron chi connectivity index (χ0n) is 16.6. The topological polar surface area (TPSA) is 99.2 Å². The average Bonchev–Trinajstić information content (AvgIpc) is 2.76. The molecule has 1 atom stereocenters. The molecule has 0 radical (unpaired) electrons. The van der Waals surface area contributed by atoms with E-state index in [2.05, 4.69) is 5.43 Å². The van der Waals surface area contributed by atoms with Crippen LogP contribution in [-0.4, -0.2) is 27.8 Å². The van der Waals surface area contributed by atoms with Gasteiger partial charge in [-0.25, -0.2) is 10.8 Å². The lowest BCUT2D eigenvalue weighted by Gasteiger charge is -2.18. The number of fused-ring (bicyclic) bond motifs is 1. The van der Waals surface area contributed by atoms with Crippen LogP contribution in [0.4, 0.5) is 0 Å². The van der Waals surface area contributed by atoms with E-state index in [-0.39, 0.29) is 11.5 Å². The van der Waals surface area contributed by atoms with Crippen LogP contribution in [0.1, 0.15) is 25.8 Å². The van der Waals surface area contributed by atoms with Crippen LogP contribution in [0.3, 0.4) is 0 Å². The van der Waals surface area contributed by atoms with E-state index in [0.717, 1.165) is 12.0 Å². The maximum Gasteiger partial charge on any atom is 0.266 e. The quantitative estimate of drug-likeness (QED) is 0.204. The molecule has 2 aromatic carbocycles. The maximum absolute atomic E-state index is 13.5. The first kappa shape index (κ1) is 20.9. The fraction of sp³-hybridized carbons (Fsp3) is 0.286. The number of carbonyl (C=O) groups excluding carboxylic acids is 1. The number of aryl methyl sites for hydroxylation is 1. The second-order valence-corrected chi connectivity index (χ2v) is 7.59. The first-order valence-electron chi connectivity index (χ1n) is 9.40. The number of thioether (sulfide) groups is 1. The highest BCUT2D eigenvalue weighted by Gasteiger charge is 2.22. The van der Waals surface area contributed by atoms with Gasteiger partial charge in [0, 0.05) is 0 Å². The van der Waals surface area contributed by atoms with Crippen molar-refractivity contribution >= 4 is 28.6 Å². The molecule has 7 nitrogen and oxygen atoms in total. The summed E-state index contributed by atoms with van der Waals surface area (Å²) >= 11 is 1.22. The largest absolute Gasteiger partial charge is 0.497 e. The number of hydrazine groups is 1. The molecule has 3 rings (SSSR count). The van der Waals surface area contributed by atoms with Gasteiger partial charge in [0.05, 0.1) is 29.0 Å². The van der Waals surface area contributed by atoms with Gasteiger partial charge < -0.3 is 4.74 Å². The van der Waals surface area contributed by atoms with Gasteiger partial charge in [0.1, 0.15) is 5.75 Å². The standard InChI is InChI=1S/C21H24N4O3S/c1-4-13-7-6-8-16-18(13)20(27)25(14-9-11-15(28-3)12-10-14)21(23-16)29-17(5-2)19(26)24-22/h6-12,17H,4-5,22H2,1-3H3,(H,24,26). The normalized spacial score (nSPS) is 12.0. The molecule has 152 valence electrons. The van der Waals surface area contributed by atoms with E-state index < -0.39 is 5.25 Å². The summed E-state index contributed by atoms with van der Waals surface area (Å²) < 4.78 is 6.78. The number of rotatable bonds is 7. The third-order valence-corrected chi connectivity index (χ3v) is 6.03. The molecule has 1 aromatic heterocycles. The number of methoxy groups -OCH3 is 1. The fourth-order valence-electron chi connectivity index (χ4n) is 3.15. The van der Waals surface area contributed by atoms with Crippen LogP contribution in [0.2, 0.25) is 0 Å². The number of nitrogens with two attached hydrogens (primary N) is 1. The van der Waals surface area contributed by atoms with Crippen molar-refractivity contribution in [2.45, 2.75) is 37.1 Å². The Labute approximate surface area is 173 Å². The van der Waals surface area contributed by atoms with Crippen LogP contribution in [0.15, 0.2) is 52.4 Å². The third kappa shape index (κ3) is 4.13. The minimum Gasteiger partial charge on any atom is -0.497 e. The number of hydrogen-bond acceptors (Lipinski definition) is 6. The van der Waals surface area contributed by atoms with Crippen molar-refractivity contribution in [3.63, 3.8) is 0 Å². The smallest absolute Gasteiger partial charge is 0.266 e. The van der Waals surface area contributed by atoms with E-state index in [1.807, 2.05) is 32.0 Å². The summed E-state index contributed by atoms with van der Waals surface area (Å²) in [4.78, 5) is 30.4.